The fourth-order valence-corrected chi connectivity index (χ4v) is 8.41. The number of hydrogen-bond acceptors (Lipinski definition) is 6. The van der Waals surface area contributed by atoms with E-state index in [1.165, 1.54) is 109 Å². The van der Waals surface area contributed by atoms with Crippen LogP contribution in [-0.2, 0) is 28.6 Å². The average Bonchev–Trinajstić information content (AvgIpc) is 3.43. The molecule has 0 aliphatic rings. The van der Waals surface area contributed by atoms with Gasteiger partial charge >= 0.3 is 17.9 Å². The third-order valence-corrected chi connectivity index (χ3v) is 13.1. The minimum absolute atomic E-state index is 0.0973. The van der Waals surface area contributed by atoms with Gasteiger partial charge in [0.25, 0.3) is 0 Å². The van der Waals surface area contributed by atoms with Crippen LogP contribution in [-0.4, -0.2) is 37.2 Å². The van der Waals surface area contributed by atoms with Crippen molar-refractivity contribution in [3.05, 3.63) is 134 Å². The van der Waals surface area contributed by atoms with Crippen molar-refractivity contribution >= 4 is 17.9 Å². The molecule has 0 saturated heterocycles. The summed E-state index contributed by atoms with van der Waals surface area (Å²) in [6.45, 7) is 6.45. The third kappa shape index (κ3) is 62.3. The van der Waals surface area contributed by atoms with Gasteiger partial charge in [0.1, 0.15) is 13.2 Å². The van der Waals surface area contributed by atoms with Gasteiger partial charge < -0.3 is 14.2 Å². The van der Waals surface area contributed by atoms with Crippen LogP contribution in [0, 0.1) is 0 Å². The second-order valence-corrected chi connectivity index (χ2v) is 20.6. The lowest BCUT2D eigenvalue weighted by Crippen LogP contribution is -2.30. The summed E-state index contributed by atoms with van der Waals surface area (Å²) in [6.07, 6.45) is 90.3. The molecular weight excluding hydrogens is 949 g/mol. The Morgan fingerprint density at radius 3 is 0.818 bits per heavy atom. The van der Waals surface area contributed by atoms with E-state index in [0.717, 1.165) is 122 Å². The van der Waals surface area contributed by atoms with Crippen LogP contribution in [0.1, 0.15) is 278 Å². The lowest BCUT2D eigenvalue weighted by Gasteiger charge is -2.18. The van der Waals surface area contributed by atoms with Crippen molar-refractivity contribution in [2.75, 3.05) is 13.2 Å². The van der Waals surface area contributed by atoms with Crippen LogP contribution in [0.15, 0.2) is 134 Å². The lowest BCUT2D eigenvalue weighted by molar-refractivity contribution is -0.167. The first-order valence-electron chi connectivity index (χ1n) is 31.7. The van der Waals surface area contributed by atoms with Gasteiger partial charge in [-0.2, -0.15) is 0 Å². The van der Waals surface area contributed by atoms with Crippen molar-refractivity contribution in [3.63, 3.8) is 0 Å². The van der Waals surface area contributed by atoms with Gasteiger partial charge in [-0.05, 0) is 122 Å². The summed E-state index contributed by atoms with van der Waals surface area (Å²) in [5, 5.41) is 0. The van der Waals surface area contributed by atoms with E-state index in [9.17, 15) is 14.4 Å². The normalized spacial score (nSPS) is 13.0. The van der Waals surface area contributed by atoms with Crippen molar-refractivity contribution in [1.82, 2.24) is 0 Å². The fourth-order valence-electron chi connectivity index (χ4n) is 8.41. The van der Waals surface area contributed by atoms with Gasteiger partial charge in [-0.25, -0.2) is 0 Å². The van der Waals surface area contributed by atoms with Crippen LogP contribution in [0.2, 0.25) is 0 Å². The number of ether oxygens (including phenoxy) is 3. The summed E-state index contributed by atoms with van der Waals surface area (Å²) in [5.41, 5.74) is 0. The first-order valence-corrected chi connectivity index (χ1v) is 31.7. The van der Waals surface area contributed by atoms with Gasteiger partial charge in [-0.15, -0.1) is 0 Å². The highest BCUT2D eigenvalue weighted by Gasteiger charge is 2.19. The highest BCUT2D eigenvalue weighted by molar-refractivity contribution is 5.71. The second kappa shape index (κ2) is 64.1. The summed E-state index contributed by atoms with van der Waals surface area (Å²) in [6, 6.07) is 0. The minimum atomic E-state index is -0.804. The Bertz CT molecular complexity index is 1650. The summed E-state index contributed by atoms with van der Waals surface area (Å²) < 4.78 is 16.8. The molecule has 1 unspecified atom stereocenters. The zero-order valence-corrected chi connectivity index (χ0v) is 49.9. The van der Waals surface area contributed by atoms with E-state index < -0.39 is 6.10 Å². The molecule has 0 saturated carbocycles. The Morgan fingerprint density at radius 2 is 0.506 bits per heavy atom. The molecular formula is C71H116O6. The van der Waals surface area contributed by atoms with E-state index >= 15 is 0 Å². The Labute approximate surface area is 475 Å². The second-order valence-electron chi connectivity index (χ2n) is 20.6. The van der Waals surface area contributed by atoms with E-state index in [1.807, 2.05) is 0 Å². The van der Waals surface area contributed by atoms with Gasteiger partial charge in [0, 0.05) is 19.3 Å². The molecule has 0 aromatic carbocycles. The number of rotatable bonds is 56. The van der Waals surface area contributed by atoms with E-state index in [0.29, 0.717) is 25.7 Å². The third-order valence-electron chi connectivity index (χ3n) is 13.1. The molecule has 0 aromatic rings. The number of allylic oxidation sites excluding steroid dienone is 22. The monoisotopic (exact) mass is 1060 g/mol. The fraction of sp³-hybridized carbons (Fsp3) is 0.648. The maximum atomic E-state index is 12.9. The molecule has 436 valence electrons. The standard InChI is InChI=1S/C71H116O6/c1-4-7-10-13-16-19-21-23-25-27-29-31-33-34-35-36-38-39-41-43-45-47-49-52-55-58-61-64-70(73)76-67-68(66-75-69(72)63-60-57-54-51-18-15-12-9-6-3)77-71(74)65-62-59-56-53-50-48-46-44-42-40-37-32-30-28-26-24-22-20-17-14-11-8-5-2/h7,10,16,19,22-25,28-31,34-35,37-40,43,45,49,52,68H,4-6,8-9,11-15,17-18,20-21,26-27,32-33,36,41-42,44,46-48,50-51,53-67H2,1-3H3/b10-7-,19-16-,24-22-,25-23-,30-28-,31-29-,35-34-,39-38-,40-37-,45-43-,52-49-. The summed E-state index contributed by atoms with van der Waals surface area (Å²) in [5.74, 6) is -0.953. The molecule has 0 rings (SSSR count). The van der Waals surface area contributed by atoms with Crippen molar-refractivity contribution < 1.29 is 28.6 Å². The van der Waals surface area contributed by atoms with Gasteiger partial charge in [-0.1, -0.05) is 270 Å². The van der Waals surface area contributed by atoms with Crippen LogP contribution >= 0.6 is 0 Å². The minimum Gasteiger partial charge on any atom is -0.462 e. The zero-order chi connectivity index (χ0) is 55.7. The predicted molar refractivity (Wildman–Crippen MR) is 334 cm³/mol. The Kier molecular flexibility index (Phi) is 60.4. The van der Waals surface area contributed by atoms with Crippen molar-refractivity contribution in [2.45, 2.75) is 284 Å². The molecule has 0 fully saturated rings. The first kappa shape index (κ1) is 72.5. The van der Waals surface area contributed by atoms with Gasteiger partial charge in [-0.3, -0.25) is 14.4 Å². The van der Waals surface area contributed by atoms with E-state index in [-0.39, 0.29) is 31.1 Å². The molecule has 0 spiro atoms. The first-order chi connectivity index (χ1) is 38.0. The van der Waals surface area contributed by atoms with Gasteiger partial charge in [0.05, 0.1) is 0 Å². The van der Waals surface area contributed by atoms with Crippen LogP contribution < -0.4 is 0 Å². The van der Waals surface area contributed by atoms with Crippen LogP contribution in [0.5, 0.6) is 0 Å². The van der Waals surface area contributed by atoms with Crippen molar-refractivity contribution in [2.24, 2.45) is 0 Å². The average molecular weight is 1070 g/mol. The van der Waals surface area contributed by atoms with Crippen LogP contribution in [0.4, 0.5) is 0 Å². The van der Waals surface area contributed by atoms with Gasteiger partial charge in [0.2, 0.25) is 0 Å². The summed E-state index contributed by atoms with van der Waals surface area (Å²) in [4.78, 5) is 38.2. The predicted octanol–water partition coefficient (Wildman–Crippen LogP) is 21.8. The maximum Gasteiger partial charge on any atom is 0.306 e. The largest absolute Gasteiger partial charge is 0.462 e. The summed E-state index contributed by atoms with van der Waals surface area (Å²) >= 11 is 0. The molecule has 0 N–H and O–H groups in total. The highest BCUT2D eigenvalue weighted by atomic mass is 16.6. The van der Waals surface area contributed by atoms with E-state index in [4.69, 9.17) is 14.2 Å². The Hall–Kier alpha value is -4.45. The summed E-state index contributed by atoms with van der Waals surface area (Å²) in [7, 11) is 0. The topological polar surface area (TPSA) is 78.9 Å². The maximum absolute atomic E-state index is 12.9. The van der Waals surface area contributed by atoms with E-state index in [1.54, 1.807) is 0 Å². The highest BCUT2D eigenvalue weighted by Crippen LogP contribution is 2.15. The van der Waals surface area contributed by atoms with Gasteiger partial charge in [0.15, 0.2) is 6.10 Å². The zero-order valence-electron chi connectivity index (χ0n) is 49.9. The molecule has 1 atom stereocenters. The number of hydrogen-bond donors (Lipinski definition) is 0. The quantitative estimate of drug-likeness (QED) is 0.0261. The molecule has 0 aromatic heterocycles. The number of carbonyl (C=O) groups excluding carboxylic acids is 3. The number of carbonyl (C=O) groups is 3. The molecule has 0 aliphatic carbocycles. The molecule has 0 amide bonds. The molecule has 0 bridgehead atoms. The van der Waals surface area contributed by atoms with Crippen LogP contribution in [0.25, 0.3) is 0 Å². The molecule has 0 heterocycles. The smallest absolute Gasteiger partial charge is 0.306 e. The number of unbranched alkanes of at least 4 members (excludes halogenated alkanes) is 23. The molecule has 77 heavy (non-hydrogen) atoms. The molecule has 0 radical (unpaired) electrons. The van der Waals surface area contributed by atoms with Crippen molar-refractivity contribution in [3.8, 4) is 0 Å². The molecule has 6 nitrogen and oxygen atoms in total. The number of esters is 3. The SMILES string of the molecule is CC/C=C\C/C=C\C/C=C\C/C=C\C/C=C\C/C=C\C/C=C\C/C=C\CCCCC(=O)OCC(COC(=O)CCCCCCCCCCC)OC(=O)CCCCCCCCCC/C=C\C/C=C\C/C=C\CCCCCCC. The van der Waals surface area contributed by atoms with Crippen LogP contribution in [0.3, 0.4) is 0 Å². The lowest BCUT2D eigenvalue weighted by atomic mass is 10.1. The van der Waals surface area contributed by atoms with E-state index in [2.05, 4.69) is 154 Å². The molecule has 6 heteroatoms. The Morgan fingerprint density at radius 1 is 0.273 bits per heavy atom. The molecule has 0 aliphatic heterocycles. The Balaban J connectivity index is 4.36. The van der Waals surface area contributed by atoms with Crippen molar-refractivity contribution in [1.29, 1.82) is 0 Å².